The Morgan fingerprint density at radius 2 is 2.10 bits per heavy atom. The van der Waals surface area contributed by atoms with Gasteiger partial charge in [-0.3, -0.25) is 0 Å². The van der Waals surface area contributed by atoms with E-state index in [0.29, 0.717) is 12.1 Å². The van der Waals surface area contributed by atoms with E-state index in [-0.39, 0.29) is 0 Å². The molecule has 1 fully saturated rings. The van der Waals surface area contributed by atoms with Gasteiger partial charge in [0.1, 0.15) is 0 Å². The maximum absolute atomic E-state index is 6.25. The Morgan fingerprint density at radius 3 is 2.80 bits per heavy atom. The summed E-state index contributed by atoms with van der Waals surface area (Å²) in [5.41, 5.74) is 2.70. The van der Waals surface area contributed by atoms with E-state index in [1.54, 1.807) is 0 Å². The summed E-state index contributed by atoms with van der Waals surface area (Å²) in [6.45, 7) is 8.81. The van der Waals surface area contributed by atoms with Crippen molar-refractivity contribution in [2.75, 3.05) is 11.4 Å². The van der Waals surface area contributed by atoms with Crippen LogP contribution in [0.5, 0.6) is 0 Å². The molecular formula is C17H27ClN2. The summed E-state index contributed by atoms with van der Waals surface area (Å²) < 4.78 is 0. The summed E-state index contributed by atoms with van der Waals surface area (Å²) in [6, 6.07) is 7.61. The minimum atomic E-state index is 0.614. The van der Waals surface area contributed by atoms with E-state index < -0.39 is 0 Å². The third-order valence-electron chi connectivity index (χ3n) is 4.32. The van der Waals surface area contributed by atoms with Crippen molar-refractivity contribution >= 4 is 17.3 Å². The molecule has 2 atom stereocenters. The highest BCUT2D eigenvalue weighted by Gasteiger charge is 2.30. The molecule has 0 radical (unpaired) electrons. The first kappa shape index (κ1) is 15.7. The van der Waals surface area contributed by atoms with E-state index in [2.05, 4.69) is 43.1 Å². The lowest BCUT2D eigenvalue weighted by Gasteiger charge is -2.32. The number of benzene rings is 1. The molecule has 1 aliphatic rings. The second-order valence-corrected chi connectivity index (χ2v) is 6.28. The van der Waals surface area contributed by atoms with Crippen molar-refractivity contribution in [3.05, 3.63) is 28.8 Å². The fourth-order valence-corrected chi connectivity index (χ4v) is 3.40. The van der Waals surface area contributed by atoms with Gasteiger partial charge in [0.25, 0.3) is 0 Å². The highest BCUT2D eigenvalue weighted by atomic mass is 35.5. The lowest BCUT2D eigenvalue weighted by atomic mass is 10.1. The zero-order valence-electron chi connectivity index (χ0n) is 13.0. The summed E-state index contributed by atoms with van der Waals surface area (Å²) >= 11 is 6.25. The summed E-state index contributed by atoms with van der Waals surface area (Å²) in [5, 5.41) is 4.35. The molecule has 0 bridgehead atoms. The van der Waals surface area contributed by atoms with E-state index >= 15 is 0 Å². The summed E-state index contributed by atoms with van der Waals surface area (Å²) in [7, 11) is 0. The molecule has 20 heavy (non-hydrogen) atoms. The van der Waals surface area contributed by atoms with Crippen molar-refractivity contribution in [1.29, 1.82) is 0 Å². The summed E-state index contributed by atoms with van der Waals surface area (Å²) in [4.78, 5) is 2.59. The molecule has 1 aromatic carbocycles. The van der Waals surface area contributed by atoms with Crippen LogP contribution in [0.2, 0.25) is 5.02 Å². The molecule has 2 nitrogen and oxygen atoms in total. The molecule has 3 heteroatoms. The van der Waals surface area contributed by atoms with E-state index in [1.165, 1.54) is 36.9 Å². The predicted molar refractivity (Wildman–Crippen MR) is 88.7 cm³/mol. The minimum absolute atomic E-state index is 0.614. The van der Waals surface area contributed by atoms with Gasteiger partial charge in [-0.05, 0) is 56.8 Å². The van der Waals surface area contributed by atoms with Crippen LogP contribution in [0.3, 0.4) is 0 Å². The van der Waals surface area contributed by atoms with E-state index in [1.807, 2.05) is 6.07 Å². The monoisotopic (exact) mass is 294 g/mol. The molecule has 1 aliphatic heterocycles. The van der Waals surface area contributed by atoms with Crippen LogP contribution in [0, 0.1) is 0 Å². The molecular weight excluding hydrogens is 268 g/mol. The fraction of sp³-hybridized carbons (Fsp3) is 0.647. The Balaban J connectivity index is 2.25. The molecule has 1 N–H and O–H groups in total. The van der Waals surface area contributed by atoms with Gasteiger partial charge in [-0.15, -0.1) is 0 Å². The largest absolute Gasteiger partial charge is 0.366 e. The normalized spacial score (nSPS) is 22.5. The molecule has 0 amide bonds. The Morgan fingerprint density at radius 1 is 1.30 bits per heavy atom. The maximum Gasteiger partial charge on any atom is 0.0431 e. The lowest BCUT2D eigenvalue weighted by molar-refractivity contribution is 0.619. The Bertz CT molecular complexity index is 433. The van der Waals surface area contributed by atoms with Crippen molar-refractivity contribution in [1.82, 2.24) is 5.32 Å². The topological polar surface area (TPSA) is 15.3 Å². The van der Waals surface area contributed by atoms with Crippen molar-refractivity contribution in [2.24, 2.45) is 0 Å². The first-order valence-corrected chi connectivity index (χ1v) is 8.32. The quantitative estimate of drug-likeness (QED) is 0.771. The molecule has 1 aromatic rings. The Hall–Kier alpha value is -0.730. The van der Waals surface area contributed by atoms with Gasteiger partial charge in [0.05, 0.1) is 0 Å². The lowest BCUT2D eigenvalue weighted by Crippen LogP contribution is -2.35. The molecule has 0 spiro atoms. The van der Waals surface area contributed by atoms with Gasteiger partial charge in [0, 0.05) is 29.3 Å². The summed E-state index contributed by atoms with van der Waals surface area (Å²) in [5.74, 6) is 0. The molecule has 1 saturated heterocycles. The number of rotatable bonds is 6. The first-order chi connectivity index (χ1) is 9.67. The fourth-order valence-electron chi connectivity index (χ4n) is 3.23. The molecule has 0 saturated carbocycles. The highest BCUT2D eigenvalue weighted by molar-refractivity contribution is 6.30. The van der Waals surface area contributed by atoms with Crippen molar-refractivity contribution in [3.63, 3.8) is 0 Å². The average molecular weight is 295 g/mol. The Labute approximate surface area is 128 Å². The van der Waals surface area contributed by atoms with Gasteiger partial charge in [-0.2, -0.15) is 0 Å². The zero-order chi connectivity index (χ0) is 14.5. The van der Waals surface area contributed by atoms with Crippen LogP contribution in [-0.4, -0.2) is 18.6 Å². The van der Waals surface area contributed by atoms with E-state index in [0.717, 1.165) is 18.1 Å². The molecule has 2 unspecified atom stereocenters. The van der Waals surface area contributed by atoms with Gasteiger partial charge >= 0.3 is 0 Å². The molecule has 0 aliphatic carbocycles. The number of hydrogen-bond acceptors (Lipinski definition) is 2. The van der Waals surface area contributed by atoms with Crippen LogP contribution in [0.1, 0.15) is 52.0 Å². The SMILES string of the molecule is CCCNCc1ccc(Cl)cc1N1C(C)CCC1CC. The van der Waals surface area contributed by atoms with Crippen LogP contribution >= 0.6 is 11.6 Å². The van der Waals surface area contributed by atoms with Crippen molar-refractivity contribution in [3.8, 4) is 0 Å². The van der Waals surface area contributed by atoms with Gasteiger partial charge in [-0.25, -0.2) is 0 Å². The standard InChI is InChI=1S/C17H27ClN2/c1-4-10-19-12-14-7-8-15(18)11-17(14)20-13(3)6-9-16(20)5-2/h7-8,11,13,16,19H,4-6,9-10,12H2,1-3H3. The number of nitrogens with one attached hydrogen (secondary N) is 1. The van der Waals surface area contributed by atoms with Gasteiger partial charge in [-0.1, -0.05) is 31.5 Å². The van der Waals surface area contributed by atoms with Crippen molar-refractivity contribution in [2.45, 2.75) is 65.1 Å². The first-order valence-electron chi connectivity index (χ1n) is 7.94. The van der Waals surface area contributed by atoms with Gasteiger partial charge in [0.15, 0.2) is 0 Å². The zero-order valence-corrected chi connectivity index (χ0v) is 13.7. The maximum atomic E-state index is 6.25. The molecule has 112 valence electrons. The number of nitrogens with zero attached hydrogens (tertiary/aromatic N) is 1. The smallest absolute Gasteiger partial charge is 0.0431 e. The summed E-state index contributed by atoms with van der Waals surface area (Å²) in [6.07, 6.45) is 4.96. The third kappa shape index (κ3) is 3.48. The van der Waals surface area contributed by atoms with Crippen LogP contribution in [0.4, 0.5) is 5.69 Å². The molecule has 2 rings (SSSR count). The molecule has 0 aromatic heterocycles. The van der Waals surface area contributed by atoms with Crippen LogP contribution in [-0.2, 0) is 6.54 Å². The number of halogens is 1. The number of hydrogen-bond donors (Lipinski definition) is 1. The van der Waals surface area contributed by atoms with Crippen LogP contribution in [0.25, 0.3) is 0 Å². The van der Waals surface area contributed by atoms with Crippen LogP contribution in [0.15, 0.2) is 18.2 Å². The second-order valence-electron chi connectivity index (χ2n) is 5.85. The highest BCUT2D eigenvalue weighted by Crippen LogP contribution is 2.35. The van der Waals surface area contributed by atoms with Gasteiger partial charge in [0.2, 0.25) is 0 Å². The third-order valence-corrected chi connectivity index (χ3v) is 4.56. The predicted octanol–water partition coefficient (Wildman–Crippen LogP) is 4.61. The number of anilines is 1. The molecule has 1 heterocycles. The van der Waals surface area contributed by atoms with E-state index in [9.17, 15) is 0 Å². The van der Waals surface area contributed by atoms with Crippen LogP contribution < -0.4 is 10.2 Å². The average Bonchev–Trinajstić information content (AvgIpc) is 2.81. The van der Waals surface area contributed by atoms with Crippen molar-refractivity contribution < 1.29 is 0 Å². The van der Waals surface area contributed by atoms with E-state index in [4.69, 9.17) is 11.6 Å². The minimum Gasteiger partial charge on any atom is -0.366 e. The van der Waals surface area contributed by atoms with Gasteiger partial charge < -0.3 is 10.2 Å². The second kappa shape index (κ2) is 7.33. The Kier molecular flexibility index (Phi) is 5.74.